The van der Waals surface area contributed by atoms with Crippen LogP contribution in [0.2, 0.25) is 5.02 Å². The first kappa shape index (κ1) is 17.6. The van der Waals surface area contributed by atoms with Crippen LogP contribution in [0, 0.1) is 5.82 Å². The molecule has 6 heteroatoms. The Labute approximate surface area is 149 Å². The van der Waals surface area contributed by atoms with Gasteiger partial charge in [0.15, 0.2) is 5.78 Å². The maximum Gasteiger partial charge on any atom is 0.266 e. The molecule has 130 valence electrons. The number of para-hydroxylation sites is 1. The van der Waals surface area contributed by atoms with E-state index >= 15 is 0 Å². The van der Waals surface area contributed by atoms with Crippen LogP contribution in [-0.4, -0.2) is 28.9 Å². The van der Waals surface area contributed by atoms with E-state index in [0.29, 0.717) is 10.7 Å². The second-order valence-corrected chi connectivity index (χ2v) is 6.50. The first-order valence-electron chi connectivity index (χ1n) is 7.98. The van der Waals surface area contributed by atoms with Gasteiger partial charge in [-0.25, -0.2) is 4.39 Å². The topological polar surface area (TPSA) is 57.6 Å². The van der Waals surface area contributed by atoms with E-state index in [1.807, 2.05) is 6.07 Å². The zero-order valence-corrected chi connectivity index (χ0v) is 14.2. The van der Waals surface area contributed by atoms with Gasteiger partial charge in [0.2, 0.25) is 5.60 Å². The summed E-state index contributed by atoms with van der Waals surface area (Å²) in [6, 6.07) is 13.0. The molecule has 1 fully saturated rings. The Kier molecular flexibility index (Phi) is 4.88. The maximum atomic E-state index is 13.7. The van der Waals surface area contributed by atoms with Gasteiger partial charge in [0.25, 0.3) is 5.91 Å². The molecule has 0 saturated carbocycles. The summed E-state index contributed by atoms with van der Waals surface area (Å²) in [5, 5.41) is 11.0. The number of halogens is 2. The van der Waals surface area contributed by atoms with Crippen LogP contribution in [0.3, 0.4) is 0 Å². The Morgan fingerprint density at radius 2 is 1.96 bits per heavy atom. The van der Waals surface area contributed by atoms with Gasteiger partial charge >= 0.3 is 0 Å². The highest BCUT2D eigenvalue weighted by Crippen LogP contribution is 2.30. The van der Waals surface area contributed by atoms with E-state index in [1.54, 1.807) is 24.3 Å². The van der Waals surface area contributed by atoms with Crippen molar-refractivity contribution in [2.45, 2.75) is 24.9 Å². The molecule has 3 rings (SSSR count). The van der Waals surface area contributed by atoms with Crippen molar-refractivity contribution < 1.29 is 19.1 Å². The molecule has 25 heavy (non-hydrogen) atoms. The van der Waals surface area contributed by atoms with Crippen LogP contribution in [0.15, 0.2) is 48.5 Å². The fourth-order valence-electron chi connectivity index (χ4n) is 3.01. The van der Waals surface area contributed by atoms with Crippen LogP contribution < -0.4 is 4.90 Å². The average Bonchev–Trinajstić information content (AvgIpc) is 2.92. The molecular weight excluding hydrogens is 345 g/mol. The number of carbonyl (C=O) groups excluding carboxylic acids is 2. The number of anilines is 1. The number of aryl methyl sites for hydroxylation is 1. The van der Waals surface area contributed by atoms with Crippen LogP contribution in [0.5, 0.6) is 0 Å². The van der Waals surface area contributed by atoms with Crippen LogP contribution in [0.1, 0.15) is 18.4 Å². The summed E-state index contributed by atoms with van der Waals surface area (Å²) < 4.78 is 13.7. The molecule has 2 aromatic carbocycles. The van der Waals surface area contributed by atoms with Gasteiger partial charge in [-0.15, -0.1) is 0 Å². The Balaban J connectivity index is 1.71. The summed E-state index contributed by atoms with van der Waals surface area (Å²) in [5.74, 6) is -1.70. The minimum absolute atomic E-state index is 0.0254. The van der Waals surface area contributed by atoms with Crippen molar-refractivity contribution in [3.05, 3.63) is 64.9 Å². The summed E-state index contributed by atoms with van der Waals surface area (Å²) in [6.07, 6.45) is -0.0358. The number of Topliss-reactive ketones (excluding diaryl/α,β-unsaturated/α-hetero) is 1. The van der Waals surface area contributed by atoms with Crippen LogP contribution in [0.4, 0.5) is 10.1 Å². The molecule has 1 aliphatic heterocycles. The van der Waals surface area contributed by atoms with Gasteiger partial charge in [0, 0.05) is 30.1 Å². The Hall–Kier alpha value is -2.24. The lowest BCUT2D eigenvalue weighted by atomic mass is 9.92. The third-order valence-electron chi connectivity index (χ3n) is 4.45. The first-order valence-corrected chi connectivity index (χ1v) is 8.36. The van der Waals surface area contributed by atoms with Crippen LogP contribution >= 0.6 is 11.6 Å². The van der Waals surface area contributed by atoms with E-state index in [-0.39, 0.29) is 31.4 Å². The maximum absolute atomic E-state index is 13.7. The number of hydrogen-bond donors (Lipinski definition) is 1. The number of nitrogens with zero attached hydrogens (tertiary/aromatic N) is 1. The quantitative estimate of drug-likeness (QED) is 0.832. The normalized spacial score (nSPS) is 20.1. The Bertz CT molecular complexity index is 812. The van der Waals surface area contributed by atoms with Gasteiger partial charge in [-0.05, 0) is 42.3 Å². The number of aliphatic hydroxyl groups is 1. The number of rotatable bonds is 5. The molecule has 0 bridgehead atoms. The molecule has 0 aromatic heterocycles. The lowest BCUT2D eigenvalue weighted by Gasteiger charge is -2.21. The van der Waals surface area contributed by atoms with Gasteiger partial charge in [-0.2, -0.15) is 0 Å². The number of amides is 1. The molecule has 0 aliphatic carbocycles. The zero-order chi connectivity index (χ0) is 18.0. The van der Waals surface area contributed by atoms with Crippen molar-refractivity contribution in [2.75, 3.05) is 11.4 Å². The van der Waals surface area contributed by atoms with Crippen LogP contribution in [-0.2, 0) is 16.0 Å². The molecular formula is C19H17ClFNO3. The zero-order valence-electron chi connectivity index (χ0n) is 13.4. The molecule has 4 nitrogen and oxygen atoms in total. The molecule has 0 radical (unpaired) electrons. The highest BCUT2D eigenvalue weighted by molar-refractivity contribution is 6.30. The van der Waals surface area contributed by atoms with Crippen LogP contribution in [0.25, 0.3) is 0 Å². The monoisotopic (exact) mass is 361 g/mol. The fraction of sp³-hybridized carbons (Fsp3) is 0.263. The van der Waals surface area contributed by atoms with Gasteiger partial charge in [0.05, 0.1) is 0 Å². The van der Waals surface area contributed by atoms with E-state index in [4.69, 9.17) is 11.6 Å². The highest BCUT2D eigenvalue weighted by Gasteiger charge is 2.50. The number of carbonyl (C=O) groups is 2. The Morgan fingerprint density at radius 3 is 2.68 bits per heavy atom. The number of hydrogen-bond acceptors (Lipinski definition) is 3. The smallest absolute Gasteiger partial charge is 0.266 e. The lowest BCUT2D eigenvalue weighted by molar-refractivity contribution is -0.147. The fourth-order valence-corrected chi connectivity index (χ4v) is 3.20. The predicted molar refractivity (Wildman–Crippen MR) is 93.1 cm³/mol. The predicted octanol–water partition coefficient (Wildman–Crippen LogP) is 3.15. The van der Waals surface area contributed by atoms with E-state index in [1.165, 1.54) is 23.1 Å². The molecule has 1 saturated heterocycles. The van der Waals surface area contributed by atoms with Gasteiger partial charge in [0.1, 0.15) is 5.82 Å². The van der Waals surface area contributed by atoms with E-state index in [0.717, 1.165) is 0 Å². The van der Waals surface area contributed by atoms with Crippen molar-refractivity contribution in [1.82, 2.24) is 0 Å². The molecule has 1 N–H and O–H groups in total. The van der Waals surface area contributed by atoms with Crippen molar-refractivity contribution in [3.63, 3.8) is 0 Å². The number of benzene rings is 2. The second kappa shape index (κ2) is 6.94. The molecule has 1 atom stereocenters. The largest absolute Gasteiger partial charge is 0.373 e. The van der Waals surface area contributed by atoms with E-state index in [9.17, 15) is 19.1 Å². The molecule has 1 heterocycles. The SMILES string of the molecule is O=C(CCc1cc(Cl)ccc1F)[C@@]1(O)CCN(c2ccccc2)C1=O. The lowest BCUT2D eigenvalue weighted by Crippen LogP contribution is -2.47. The second-order valence-electron chi connectivity index (χ2n) is 6.06. The van der Waals surface area contributed by atoms with Crippen molar-refractivity contribution >= 4 is 29.0 Å². The molecule has 0 spiro atoms. The molecule has 2 aromatic rings. The minimum atomic E-state index is -2.05. The summed E-state index contributed by atoms with van der Waals surface area (Å²) in [5.41, 5.74) is -1.13. The molecule has 1 aliphatic rings. The van der Waals surface area contributed by atoms with Crippen molar-refractivity contribution in [3.8, 4) is 0 Å². The molecule has 0 unspecified atom stereocenters. The first-order chi connectivity index (χ1) is 11.9. The average molecular weight is 362 g/mol. The van der Waals surface area contributed by atoms with E-state index < -0.39 is 23.1 Å². The Morgan fingerprint density at radius 1 is 1.24 bits per heavy atom. The number of ketones is 1. The van der Waals surface area contributed by atoms with E-state index in [2.05, 4.69) is 0 Å². The standard InChI is InChI=1S/C19H17ClFNO3/c20-14-7-8-16(21)13(12-14)6-9-17(23)19(25)10-11-22(18(19)24)15-4-2-1-3-5-15/h1-5,7-8,12,25H,6,9-11H2/t19-/m0/s1. The summed E-state index contributed by atoms with van der Waals surface area (Å²) in [4.78, 5) is 26.4. The van der Waals surface area contributed by atoms with Gasteiger partial charge in [-0.1, -0.05) is 29.8 Å². The minimum Gasteiger partial charge on any atom is -0.373 e. The van der Waals surface area contributed by atoms with Crippen molar-refractivity contribution in [2.24, 2.45) is 0 Å². The third-order valence-corrected chi connectivity index (χ3v) is 4.69. The molecule has 1 amide bonds. The highest BCUT2D eigenvalue weighted by atomic mass is 35.5. The summed E-state index contributed by atoms with van der Waals surface area (Å²) >= 11 is 5.83. The summed E-state index contributed by atoms with van der Waals surface area (Å²) in [6.45, 7) is 0.261. The van der Waals surface area contributed by atoms with Crippen molar-refractivity contribution in [1.29, 1.82) is 0 Å². The van der Waals surface area contributed by atoms with Gasteiger partial charge < -0.3 is 10.0 Å². The summed E-state index contributed by atoms with van der Waals surface area (Å²) in [7, 11) is 0. The van der Waals surface area contributed by atoms with Gasteiger partial charge in [-0.3, -0.25) is 9.59 Å². The third kappa shape index (κ3) is 3.43.